The number of nitrogens with one attached hydrogen (secondary N) is 1. The lowest BCUT2D eigenvalue weighted by molar-refractivity contribution is -0.384. The second kappa shape index (κ2) is 6.67. The third-order valence-corrected chi connectivity index (χ3v) is 2.99. The van der Waals surface area contributed by atoms with Gasteiger partial charge < -0.3 is 10.4 Å². The number of hydrogen-bond donors (Lipinski definition) is 2. The van der Waals surface area contributed by atoms with Crippen molar-refractivity contribution in [1.82, 2.24) is 5.32 Å². The van der Waals surface area contributed by atoms with E-state index in [1.165, 1.54) is 12.1 Å². The first-order chi connectivity index (χ1) is 9.25. The molecule has 1 aromatic rings. The van der Waals surface area contributed by atoms with Gasteiger partial charge in [-0.2, -0.15) is 0 Å². The highest BCUT2D eigenvalue weighted by atomic mass is 35.5. The van der Waals surface area contributed by atoms with Gasteiger partial charge >= 0.3 is 0 Å². The van der Waals surface area contributed by atoms with Gasteiger partial charge in [-0.1, -0.05) is 24.9 Å². The first-order valence-corrected chi connectivity index (χ1v) is 6.58. The molecule has 0 aliphatic rings. The van der Waals surface area contributed by atoms with Crippen LogP contribution in [0.4, 0.5) is 5.69 Å². The van der Waals surface area contributed by atoms with Crippen LogP contribution in [0.1, 0.15) is 37.0 Å². The molecule has 0 aliphatic heterocycles. The third-order valence-electron chi connectivity index (χ3n) is 2.77. The molecule has 0 saturated carbocycles. The van der Waals surface area contributed by atoms with Crippen molar-refractivity contribution in [3.63, 3.8) is 0 Å². The number of nitro groups is 1. The number of halogens is 1. The van der Waals surface area contributed by atoms with Crippen molar-refractivity contribution in [3.8, 4) is 0 Å². The molecule has 0 bridgehead atoms. The molecule has 1 rings (SSSR count). The van der Waals surface area contributed by atoms with Crippen LogP contribution < -0.4 is 5.32 Å². The summed E-state index contributed by atoms with van der Waals surface area (Å²) >= 11 is 5.74. The summed E-state index contributed by atoms with van der Waals surface area (Å²) in [6.45, 7) is 3.62. The second-order valence-corrected chi connectivity index (χ2v) is 5.32. The highest BCUT2D eigenvalue weighted by Crippen LogP contribution is 2.21. The predicted octanol–water partition coefficient (Wildman–Crippen LogP) is 2.53. The van der Waals surface area contributed by atoms with E-state index in [1.807, 2.05) is 6.92 Å². The van der Waals surface area contributed by atoms with Crippen LogP contribution in [-0.4, -0.2) is 28.1 Å². The van der Waals surface area contributed by atoms with Gasteiger partial charge in [0.05, 0.1) is 10.5 Å². The zero-order valence-electron chi connectivity index (χ0n) is 11.4. The molecule has 110 valence electrons. The molecule has 2 N–H and O–H groups in total. The van der Waals surface area contributed by atoms with Gasteiger partial charge in [0.25, 0.3) is 11.6 Å². The molecule has 0 spiro atoms. The van der Waals surface area contributed by atoms with Crippen LogP contribution in [0.3, 0.4) is 0 Å². The maximum absolute atomic E-state index is 11.9. The van der Waals surface area contributed by atoms with E-state index in [9.17, 15) is 20.0 Å². The van der Waals surface area contributed by atoms with E-state index in [4.69, 9.17) is 11.6 Å². The smallest absolute Gasteiger partial charge is 0.271 e. The van der Waals surface area contributed by atoms with Crippen LogP contribution in [0, 0.1) is 10.1 Å². The number of amides is 1. The van der Waals surface area contributed by atoms with E-state index in [-0.39, 0.29) is 22.8 Å². The summed E-state index contributed by atoms with van der Waals surface area (Å²) in [4.78, 5) is 22.0. The number of nitro benzene ring substituents is 1. The number of carbonyl (C=O) groups excluding carboxylic acids is 1. The minimum atomic E-state index is -1.01. The molecule has 0 saturated heterocycles. The lowest BCUT2D eigenvalue weighted by Gasteiger charge is -2.22. The average molecular weight is 301 g/mol. The fourth-order valence-electron chi connectivity index (χ4n) is 1.81. The first-order valence-electron chi connectivity index (χ1n) is 6.21. The molecule has 1 unspecified atom stereocenters. The van der Waals surface area contributed by atoms with E-state index in [1.54, 1.807) is 6.92 Å². The van der Waals surface area contributed by atoms with Gasteiger partial charge in [0.2, 0.25) is 0 Å². The molecule has 1 amide bonds. The van der Waals surface area contributed by atoms with Gasteiger partial charge in [0.15, 0.2) is 0 Å². The van der Waals surface area contributed by atoms with E-state index < -0.39 is 16.4 Å². The maximum atomic E-state index is 11.9. The highest BCUT2D eigenvalue weighted by molar-refractivity contribution is 6.31. The number of aliphatic hydroxyl groups is 1. The molecule has 6 nitrogen and oxygen atoms in total. The van der Waals surface area contributed by atoms with Crippen molar-refractivity contribution in [3.05, 3.63) is 38.9 Å². The monoisotopic (exact) mass is 300 g/mol. The molecular weight excluding hydrogens is 284 g/mol. The minimum Gasteiger partial charge on any atom is -0.388 e. The maximum Gasteiger partial charge on any atom is 0.271 e. The van der Waals surface area contributed by atoms with Crippen LogP contribution in [0.5, 0.6) is 0 Å². The standard InChI is InChI=1S/C13H17ClN2O4/c1-3-4-13(2,18)8-15-12(17)9-5-10(14)7-11(6-9)16(19)20/h5-7,18H,3-4,8H2,1-2H3,(H,15,17). The molecule has 1 aromatic carbocycles. The lowest BCUT2D eigenvalue weighted by Crippen LogP contribution is -2.40. The predicted molar refractivity (Wildman–Crippen MR) is 76.0 cm³/mol. The van der Waals surface area contributed by atoms with E-state index in [0.717, 1.165) is 12.5 Å². The van der Waals surface area contributed by atoms with Crippen LogP contribution in [-0.2, 0) is 0 Å². The van der Waals surface area contributed by atoms with Crippen molar-refractivity contribution in [2.75, 3.05) is 6.54 Å². The summed E-state index contributed by atoms with van der Waals surface area (Å²) in [6, 6.07) is 3.67. The number of nitrogens with zero attached hydrogens (tertiary/aromatic N) is 1. The quantitative estimate of drug-likeness (QED) is 0.623. The molecular formula is C13H17ClN2O4. The Morgan fingerprint density at radius 1 is 1.50 bits per heavy atom. The van der Waals surface area contributed by atoms with Crippen LogP contribution >= 0.6 is 11.6 Å². The number of benzene rings is 1. The number of rotatable bonds is 6. The third kappa shape index (κ3) is 4.79. The second-order valence-electron chi connectivity index (χ2n) is 4.88. The normalized spacial score (nSPS) is 13.6. The zero-order chi connectivity index (χ0) is 15.3. The van der Waals surface area contributed by atoms with E-state index in [0.29, 0.717) is 6.42 Å². The largest absolute Gasteiger partial charge is 0.388 e. The Bertz CT molecular complexity index is 517. The zero-order valence-corrected chi connectivity index (χ0v) is 12.1. The van der Waals surface area contributed by atoms with Gasteiger partial charge in [-0.05, 0) is 19.4 Å². The Labute approximate surface area is 121 Å². The molecule has 1 atom stereocenters. The number of hydrogen-bond acceptors (Lipinski definition) is 4. The summed E-state index contributed by atoms with van der Waals surface area (Å²) in [6.07, 6.45) is 1.33. The average Bonchev–Trinajstić information content (AvgIpc) is 2.35. The van der Waals surface area contributed by atoms with Gasteiger partial charge in [-0.15, -0.1) is 0 Å². The lowest BCUT2D eigenvalue weighted by atomic mass is 10.0. The van der Waals surface area contributed by atoms with Crippen molar-refractivity contribution >= 4 is 23.2 Å². The van der Waals surface area contributed by atoms with E-state index in [2.05, 4.69) is 5.32 Å². The van der Waals surface area contributed by atoms with Gasteiger partial charge in [0, 0.05) is 29.3 Å². The van der Waals surface area contributed by atoms with Crippen molar-refractivity contribution in [1.29, 1.82) is 0 Å². The molecule has 0 aliphatic carbocycles. The molecule has 20 heavy (non-hydrogen) atoms. The molecule has 0 radical (unpaired) electrons. The SMILES string of the molecule is CCCC(C)(O)CNC(=O)c1cc(Cl)cc([N+](=O)[O-])c1. The fourth-order valence-corrected chi connectivity index (χ4v) is 2.04. The Morgan fingerprint density at radius 2 is 2.15 bits per heavy atom. The van der Waals surface area contributed by atoms with Crippen LogP contribution in [0.25, 0.3) is 0 Å². The Morgan fingerprint density at radius 3 is 2.70 bits per heavy atom. The van der Waals surface area contributed by atoms with Crippen molar-refractivity contribution < 1.29 is 14.8 Å². The topological polar surface area (TPSA) is 92.5 Å². The van der Waals surface area contributed by atoms with Gasteiger partial charge in [0.1, 0.15) is 0 Å². The first kappa shape index (κ1) is 16.4. The van der Waals surface area contributed by atoms with Crippen molar-refractivity contribution in [2.45, 2.75) is 32.3 Å². The van der Waals surface area contributed by atoms with Gasteiger partial charge in [-0.25, -0.2) is 0 Å². The summed E-state index contributed by atoms with van der Waals surface area (Å²) in [7, 11) is 0. The van der Waals surface area contributed by atoms with E-state index >= 15 is 0 Å². The summed E-state index contributed by atoms with van der Waals surface area (Å²) < 4.78 is 0. The van der Waals surface area contributed by atoms with Crippen LogP contribution in [0.15, 0.2) is 18.2 Å². The number of non-ortho nitro benzene ring substituents is 1. The van der Waals surface area contributed by atoms with Crippen LogP contribution in [0.2, 0.25) is 5.02 Å². The molecule has 7 heteroatoms. The Balaban J connectivity index is 2.80. The Hall–Kier alpha value is -1.66. The summed E-state index contributed by atoms with van der Waals surface area (Å²) in [5.74, 6) is -0.507. The highest BCUT2D eigenvalue weighted by Gasteiger charge is 2.21. The molecule has 0 aromatic heterocycles. The molecule has 0 fully saturated rings. The minimum absolute atomic E-state index is 0.0694. The van der Waals surface area contributed by atoms with Gasteiger partial charge in [-0.3, -0.25) is 14.9 Å². The number of carbonyl (C=O) groups is 1. The summed E-state index contributed by atoms with van der Waals surface area (Å²) in [5.41, 5.74) is -1.16. The van der Waals surface area contributed by atoms with Crippen molar-refractivity contribution in [2.24, 2.45) is 0 Å². The fraction of sp³-hybridized carbons (Fsp3) is 0.462. The Kier molecular flexibility index (Phi) is 5.47. The summed E-state index contributed by atoms with van der Waals surface area (Å²) in [5, 5.41) is 23.3. The molecule has 0 heterocycles.